The summed E-state index contributed by atoms with van der Waals surface area (Å²) in [4.78, 5) is 2.37. The largest absolute Gasteiger partial charge is 1.00 e. The molecule has 4 heteroatoms. The summed E-state index contributed by atoms with van der Waals surface area (Å²) < 4.78 is 2.40. The summed E-state index contributed by atoms with van der Waals surface area (Å²) in [5.41, 5.74) is 6.34. The van der Waals surface area contributed by atoms with Crippen LogP contribution in [0.3, 0.4) is 0 Å². The van der Waals surface area contributed by atoms with Gasteiger partial charge in [0.05, 0.1) is 10.9 Å². The van der Waals surface area contributed by atoms with E-state index in [1.165, 1.54) is 33.6 Å². The van der Waals surface area contributed by atoms with Gasteiger partial charge in [0, 0.05) is 40.8 Å². The van der Waals surface area contributed by atoms with Crippen LogP contribution in [-0.2, 0) is 0 Å². The van der Waals surface area contributed by atoms with E-state index >= 15 is 0 Å². The van der Waals surface area contributed by atoms with E-state index in [2.05, 4.69) is 78.8 Å². The highest BCUT2D eigenvalue weighted by molar-refractivity contribution is 6.37. The first-order chi connectivity index (χ1) is 12.7. The Hall–Kier alpha value is -2.03. The molecule has 3 aromatic carbocycles. The Labute approximate surface area is 172 Å². The summed E-state index contributed by atoms with van der Waals surface area (Å²) in [6.07, 6.45) is 0. The van der Waals surface area contributed by atoms with Crippen LogP contribution in [0.5, 0.6) is 0 Å². The Morgan fingerprint density at radius 3 is 2.22 bits per heavy atom. The van der Waals surface area contributed by atoms with E-state index in [9.17, 15) is 0 Å². The van der Waals surface area contributed by atoms with Crippen LogP contribution in [0, 0.1) is 0 Å². The van der Waals surface area contributed by atoms with Crippen LogP contribution in [0.15, 0.2) is 54.6 Å². The van der Waals surface area contributed by atoms with Gasteiger partial charge in [-0.25, -0.2) is 0 Å². The van der Waals surface area contributed by atoms with E-state index in [-0.39, 0.29) is 12.4 Å². The fourth-order valence-corrected chi connectivity index (χ4v) is 4.32. The van der Waals surface area contributed by atoms with Crippen molar-refractivity contribution in [2.75, 3.05) is 24.5 Å². The van der Waals surface area contributed by atoms with Gasteiger partial charge in [0.2, 0.25) is 11.4 Å². The number of hydrogen-bond donors (Lipinski definition) is 0. The topological polar surface area (TPSA) is 6.25 Å². The van der Waals surface area contributed by atoms with Crippen LogP contribution >= 0.6 is 11.6 Å². The number of halogens is 2. The van der Waals surface area contributed by atoms with E-state index in [0.717, 1.165) is 30.0 Å². The lowest BCUT2D eigenvalue weighted by Gasteiger charge is -2.21. The van der Waals surface area contributed by atoms with Crippen LogP contribution in [0.25, 0.3) is 10.8 Å². The molecule has 0 amide bonds. The van der Waals surface area contributed by atoms with E-state index in [4.69, 9.17) is 11.6 Å². The Bertz CT molecular complexity index is 1000. The minimum atomic E-state index is 0. The second-order valence-electron chi connectivity index (χ2n) is 6.61. The fourth-order valence-electron chi connectivity index (χ4n) is 4.10. The average Bonchev–Trinajstić information content (AvgIpc) is 3.01. The third-order valence-electron chi connectivity index (χ3n) is 5.37. The smallest absolute Gasteiger partial charge is 0.221 e. The van der Waals surface area contributed by atoms with Gasteiger partial charge in [-0.2, -0.15) is 4.58 Å². The minimum Gasteiger partial charge on any atom is -1.00 e. The summed E-state index contributed by atoms with van der Waals surface area (Å²) >= 11 is 6.47. The molecule has 27 heavy (non-hydrogen) atoms. The highest BCUT2D eigenvalue weighted by atomic mass is 35.5. The predicted molar refractivity (Wildman–Crippen MR) is 113 cm³/mol. The maximum absolute atomic E-state index is 6.47. The van der Waals surface area contributed by atoms with E-state index < -0.39 is 0 Å². The molecule has 1 aliphatic rings. The first-order valence-corrected chi connectivity index (χ1v) is 9.78. The lowest BCUT2D eigenvalue weighted by atomic mass is 9.98. The van der Waals surface area contributed by atoms with Crippen LogP contribution in [0.2, 0.25) is 5.02 Å². The summed E-state index contributed by atoms with van der Waals surface area (Å²) in [6.45, 7) is 9.58. The summed E-state index contributed by atoms with van der Waals surface area (Å²) in [5, 5.41) is 3.22. The Morgan fingerprint density at radius 1 is 0.889 bits per heavy atom. The first-order valence-electron chi connectivity index (χ1n) is 9.41. The molecule has 0 spiro atoms. The Morgan fingerprint density at radius 2 is 1.59 bits per heavy atom. The van der Waals surface area contributed by atoms with Crippen molar-refractivity contribution in [1.29, 1.82) is 0 Å². The van der Waals surface area contributed by atoms with Crippen LogP contribution in [-0.4, -0.2) is 29.9 Å². The molecule has 0 unspecified atom stereocenters. The van der Waals surface area contributed by atoms with Crippen LogP contribution < -0.4 is 17.3 Å². The van der Waals surface area contributed by atoms with Gasteiger partial charge in [0.25, 0.3) is 0 Å². The number of rotatable bonds is 5. The van der Waals surface area contributed by atoms with Gasteiger partial charge in [-0.1, -0.05) is 23.7 Å². The molecule has 3 aromatic rings. The zero-order valence-corrected chi connectivity index (χ0v) is 17.5. The van der Waals surface area contributed by atoms with Gasteiger partial charge in [0.1, 0.15) is 6.54 Å². The van der Waals surface area contributed by atoms with Crippen LogP contribution in [0.4, 0.5) is 11.4 Å². The highest BCUT2D eigenvalue weighted by Gasteiger charge is 2.32. The van der Waals surface area contributed by atoms with E-state index in [1.54, 1.807) is 0 Å². The van der Waals surface area contributed by atoms with Gasteiger partial charge in [-0.3, -0.25) is 0 Å². The summed E-state index contributed by atoms with van der Waals surface area (Å²) in [7, 11) is 0. The molecule has 2 nitrogen and oxygen atoms in total. The van der Waals surface area contributed by atoms with Gasteiger partial charge in [-0.15, -0.1) is 0 Å². The van der Waals surface area contributed by atoms with Crippen molar-refractivity contribution in [3.05, 3.63) is 70.7 Å². The van der Waals surface area contributed by atoms with Crippen LogP contribution in [0.1, 0.15) is 31.9 Å². The molecule has 0 saturated heterocycles. The quantitative estimate of drug-likeness (QED) is 0.598. The summed E-state index contributed by atoms with van der Waals surface area (Å²) in [6, 6.07) is 19.6. The Kier molecular flexibility index (Phi) is 5.78. The standard InChI is InChI=1S/C23H24ClN2.ClH/c1-4-25(5-2)17-12-10-16(11-13-17)23-19-9-7-8-18-20(24)14-15-21(22(18)19)26(23)6-3;/h7-15H,4-6H2,1-3H3;1H/q+1;/p-1. The molecular weight excluding hydrogens is 375 g/mol. The van der Waals surface area contributed by atoms with Crippen molar-refractivity contribution in [3.8, 4) is 0 Å². The fraction of sp³-hybridized carbons (Fsp3) is 0.261. The lowest BCUT2D eigenvalue weighted by molar-refractivity contribution is -0.431. The molecule has 0 bridgehead atoms. The Balaban J connectivity index is 0.00000210. The average molecular weight is 399 g/mol. The second kappa shape index (κ2) is 7.92. The van der Waals surface area contributed by atoms with Crippen molar-refractivity contribution < 1.29 is 17.0 Å². The maximum atomic E-state index is 6.47. The number of anilines is 1. The molecule has 0 fully saturated rings. The van der Waals surface area contributed by atoms with E-state index in [0.29, 0.717) is 0 Å². The number of hydrogen-bond acceptors (Lipinski definition) is 1. The van der Waals surface area contributed by atoms with E-state index in [1.807, 2.05) is 6.07 Å². The molecule has 0 aromatic heterocycles. The molecule has 0 radical (unpaired) electrons. The van der Waals surface area contributed by atoms with Crippen molar-refractivity contribution in [1.82, 2.24) is 0 Å². The molecule has 0 N–H and O–H groups in total. The number of nitrogens with zero attached hydrogens (tertiary/aromatic N) is 2. The zero-order valence-electron chi connectivity index (χ0n) is 16.0. The molecule has 140 valence electrons. The van der Waals surface area contributed by atoms with Gasteiger partial charge in [0.15, 0.2) is 0 Å². The minimum absolute atomic E-state index is 0. The third kappa shape index (κ3) is 3.11. The first kappa shape index (κ1) is 19.7. The summed E-state index contributed by atoms with van der Waals surface area (Å²) in [5.74, 6) is 0. The van der Waals surface area contributed by atoms with Crippen molar-refractivity contribution in [3.63, 3.8) is 0 Å². The van der Waals surface area contributed by atoms with Gasteiger partial charge >= 0.3 is 0 Å². The lowest BCUT2D eigenvalue weighted by Crippen LogP contribution is -3.00. The molecule has 0 atom stereocenters. The number of benzene rings is 3. The maximum Gasteiger partial charge on any atom is 0.221 e. The monoisotopic (exact) mass is 398 g/mol. The third-order valence-corrected chi connectivity index (χ3v) is 5.70. The van der Waals surface area contributed by atoms with Crippen molar-refractivity contribution in [2.24, 2.45) is 0 Å². The second-order valence-corrected chi connectivity index (χ2v) is 7.01. The predicted octanol–water partition coefficient (Wildman–Crippen LogP) is 2.86. The molecule has 1 heterocycles. The van der Waals surface area contributed by atoms with Crippen molar-refractivity contribution >= 4 is 39.5 Å². The molecule has 4 rings (SSSR count). The zero-order chi connectivity index (χ0) is 18.3. The van der Waals surface area contributed by atoms with Gasteiger partial charge < -0.3 is 17.3 Å². The SMILES string of the molecule is CCN(CC)c1ccc(C2=[N+](CC)c3ccc(Cl)c4cccc2c34)cc1.[Cl-]. The molecule has 1 aliphatic heterocycles. The van der Waals surface area contributed by atoms with Gasteiger partial charge in [-0.05, 0) is 57.2 Å². The highest BCUT2D eigenvalue weighted by Crippen LogP contribution is 2.39. The molecular formula is C23H24Cl2N2. The normalized spacial score (nSPS) is 12.4. The van der Waals surface area contributed by atoms with Crippen molar-refractivity contribution in [2.45, 2.75) is 20.8 Å². The molecule has 0 saturated carbocycles. The molecule has 0 aliphatic carbocycles.